The SMILES string of the molecule is CC(=O)C1CCN(Cc2ccc3c(C#N)c(O[C@H]4CC[C@@H](C(F)(F)F)CC4)ccc3c2)CC1. The van der Waals surface area contributed by atoms with Crippen molar-refractivity contribution in [3.8, 4) is 11.8 Å². The normalized spacial score (nSPS) is 22.8. The Bertz CT molecular complexity index is 1040. The summed E-state index contributed by atoms with van der Waals surface area (Å²) >= 11 is 0. The minimum atomic E-state index is -4.15. The third-order valence-electron chi connectivity index (χ3n) is 7.16. The van der Waals surface area contributed by atoms with Crippen molar-refractivity contribution in [2.75, 3.05) is 13.1 Å². The average molecular weight is 459 g/mol. The van der Waals surface area contributed by atoms with Crippen LogP contribution in [-0.2, 0) is 11.3 Å². The number of hydrogen-bond acceptors (Lipinski definition) is 4. The van der Waals surface area contributed by atoms with Crippen molar-refractivity contribution in [2.45, 2.75) is 64.3 Å². The summed E-state index contributed by atoms with van der Waals surface area (Å²) in [5.74, 6) is -0.357. The highest BCUT2D eigenvalue weighted by Crippen LogP contribution is 2.39. The Morgan fingerprint density at radius 1 is 1.09 bits per heavy atom. The average Bonchev–Trinajstić information content (AvgIpc) is 2.79. The number of Topliss-reactive ketones (excluding diaryl/α,β-unsaturated/α-hetero) is 1. The zero-order chi connectivity index (χ0) is 23.6. The van der Waals surface area contributed by atoms with E-state index in [1.165, 1.54) is 0 Å². The van der Waals surface area contributed by atoms with E-state index in [0.29, 0.717) is 24.2 Å². The first kappa shape index (κ1) is 23.6. The number of alkyl halides is 3. The van der Waals surface area contributed by atoms with E-state index < -0.39 is 12.1 Å². The molecule has 4 nitrogen and oxygen atoms in total. The summed E-state index contributed by atoms with van der Waals surface area (Å²) in [5, 5.41) is 11.5. The number of likely N-dealkylation sites (tertiary alicyclic amines) is 1. The molecule has 0 aromatic heterocycles. The predicted octanol–water partition coefficient (Wildman–Crippen LogP) is 6.01. The minimum absolute atomic E-state index is 0.0661. The van der Waals surface area contributed by atoms with E-state index in [-0.39, 0.29) is 30.6 Å². The largest absolute Gasteiger partial charge is 0.489 e. The Morgan fingerprint density at radius 2 is 1.79 bits per heavy atom. The number of fused-ring (bicyclic) bond motifs is 1. The van der Waals surface area contributed by atoms with Crippen molar-refractivity contribution >= 4 is 16.6 Å². The molecule has 0 bridgehead atoms. The number of carbonyl (C=O) groups is 1. The second kappa shape index (κ2) is 9.72. The van der Waals surface area contributed by atoms with Gasteiger partial charge in [0.05, 0.1) is 12.0 Å². The zero-order valence-corrected chi connectivity index (χ0v) is 18.8. The summed E-state index contributed by atoms with van der Waals surface area (Å²) in [6.07, 6.45) is -1.84. The van der Waals surface area contributed by atoms with Crippen molar-refractivity contribution < 1.29 is 22.7 Å². The van der Waals surface area contributed by atoms with Gasteiger partial charge in [-0.25, -0.2) is 0 Å². The van der Waals surface area contributed by atoms with Crippen LogP contribution in [0.5, 0.6) is 5.75 Å². The van der Waals surface area contributed by atoms with E-state index in [9.17, 15) is 23.2 Å². The maximum Gasteiger partial charge on any atom is 0.391 e. The molecule has 0 spiro atoms. The summed E-state index contributed by atoms with van der Waals surface area (Å²) in [7, 11) is 0. The number of rotatable bonds is 5. The third-order valence-corrected chi connectivity index (χ3v) is 7.16. The summed E-state index contributed by atoms with van der Waals surface area (Å²) in [6.45, 7) is 4.26. The van der Waals surface area contributed by atoms with Crippen molar-refractivity contribution in [3.63, 3.8) is 0 Å². The van der Waals surface area contributed by atoms with Gasteiger partial charge in [-0.15, -0.1) is 0 Å². The van der Waals surface area contributed by atoms with Crippen molar-refractivity contribution in [3.05, 3.63) is 41.5 Å². The van der Waals surface area contributed by atoms with E-state index >= 15 is 0 Å². The van der Waals surface area contributed by atoms with Gasteiger partial charge in [0, 0.05) is 17.8 Å². The van der Waals surface area contributed by atoms with Crippen LogP contribution in [0.3, 0.4) is 0 Å². The van der Waals surface area contributed by atoms with Crippen molar-refractivity contribution in [1.82, 2.24) is 4.90 Å². The maximum atomic E-state index is 12.9. The van der Waals surface area contributed by atoms with E-state index in [2.05, 4.69) is 17.0 Å². The predicted molar refractivity (Wildman–Crippen MR) is 120 cm³/mol. The standard InChI is InChI=1S/C26H29F3N2O2/c1-17(32)19-10-12-31(13-11-19)16-18-2-8-23-20(14-18)3-9-25(24(23)15-30)33-22-6-4-21(5-7-22)26(27,28)29/h2-3,8-9,14,19,21-22H,4-7,10-13,16H2,1H3/t21-,22+. The van der Waals surface area contributed by atoms with Gasteiger partial charge in [0.25, 0.3) is 0 Å². The van der Waals surface area contributed by atoms with Gasteiger partial charge in [-0.2, -0.15) is 18.4 Å². The molecule has 2 aromatic rings. The molecule has 0 amide bonds. The van der Waals surface area contributed by atoms with Gasteiger partial charge in [-0.05, 0) is 81.6 Å². The van der Waals surface area contributed by atoms with Gasteiger partial charge in [0.1, 0.15) is 23.2 Å². The Kier molecular flexibility index (Phi) is 6.94. The van der Waals surface area contributed by atoms with Gasteiger partial charge in [0.2, 0.25) is 0 Å². The smallest absolute Gasteiger partial charge is 0.391 e. The quantitative estimate of drug-likeness (QED) is 0.550. The van der Waals surface area contributed by atoms with Crippen LogP contribution in [0.4, 0.5) is 13.2 Å². The third kappa shape index (κ3) is 5.50. The van der Waals surface area contributed by atoms with Crippen LogP contribution in [0.1, 0.15) is 56.6 Å². The molecule has 0 N–H and O–H groups in total. The number of nitrogens with zero attached hydrogens (tertiary/aromatic N) is 2. The van der Waals surface area contributed by atoms with Gasteiger partial charge in [-0.1, -0.05) is 18.2 Å². The molecule has 0 unspecified atom stereocenters. The highest BCUT2D eigenvalue weighted by Gasteiger charge is 2.41. The molecule has 176 valence electrons. The van der Waals surface area contributed by atoms with Crippen molar-refractivity contribution in [2.24, 2.45) is 11.8 Å². The molecule has 7 heteroatoms. The van der Waals surface area contributed by atoms with Crippen LogP contribution < -0.4 is 4.74 Å². The highest BCUT2D eigenvalue weighted by molar-refractivity contribution is 5.90. The molecular weight excluding hydrogens is 429 g/mol. The summed E-state index contributed by atoms with van der Waals surface area (Å²) in [4.78, 5) is 13.9. The van der Waals surface area contributed by atoms with Crippen LogP contribution in [0.2, 0.25) is 0 Å². The topological polar surface area (TPSA) is 53.3 Å². The number of ketones is 1. The first-order chi connectivity index (χ1) is 15.7. The number of hydrogen-bond donors (Lipinski definition) is 0. The molecule has 1 aliphatic carbocycles. The molecule has 1 saturated heterocycles. The number of carbonyl (C=O) groups excluding carboxylic acids is 1. The van der Waals surface area contributed by atoms with E-state index in [4.69, 9.17) is 4.74 Å². The first-order valence-corrected chi connectivity index (χ1v) is 11.7. The number of halogens is 3. The molecule has 1 heterocycles. The Morgan fingerprint density at radius 3 is 2.39 bits per heavy atom. The van der Waals surface area contributed by atoms with Gasteiger partial charge >= 0.3 is 6.18 Å². The van der Waals surface area contributed by atoms with E-state index in [1.54, 1.807) is 13.0 Å². The lowest BCUT2D eigenvalue weighted by Crippen LogP contribution is -2.35. The van der Waals surface area contributed by atoms with Crippen LogP contribution in [-0.4, -0.2) is 36.1 Å². The molecule has 2 aliphatic rings. The van der Waals surface area contributed by atoms with Crippen LogP contribution >= 0.6 is 0 Å². The number of nitriles is 1. The Labute approximate surface area is 192 Å². The summed E-state index contributed by atoms with van der Waals surface area (Å²) in [5.41, 5.74) is 1.58. The second-order valence-electron chi connectivity index (χ2n) is 9.40. The van der Waals surface area contributed by atoms with Crippen molar-refractivity contribution in [1.29, 1.82) is 5.26 Å². The van der Waals surface area contributed by atoms with E-state index in [1.807, 2.05) is 18.2 Å². The summed E-state index contributed by atoms with van der Waals surface area (Å²) in [6, 6.07) is 11.9. The van der Waals surface area contributed by atoms with Crippen LogP contribution in [0, 0.1) is 23.2 Å². The number of benzene rings is 2. The fraction of sp³-hybridized carbons (Fsp3) is 0.538. The fourth-order valence-electron chi connectivity index (χ4n) is 5.11. The lowest BCUT2D eigenvalue weighted by atomic mass is 9.87. The number of ether oxygens (including phenoxy) is 1. The molecule has 2 fully saturated rings. The van der Waals surface area contributed by atoms with Gasteiger partial charge in [0.15, 0.2) is 0 Å². The molecule has 1 aliphatic heterocycles. The first-order valence-electron chi connectivity index (χ1n) is 11.7. The van der Waals surface area contributed by atoms with Gasteiger partial charge < -0.3 is 4.74 Å². The number of piperidine rings is 1. The Balaban J connectivity index is 1.43. The molecule has 4 rings (SSSR count). The monoisotopic (exact) mass is 458 g/mol. The minimum Gasteiger partial charge on any atom is -0.489 e. The van der Waals surface area contributed by atoms with Gasteiger partial charge in [-0.3, -0.25) is 9.69 Å². The second-order valence-corrected chi connectivity index (χ2v) is 9.40. The molecule has 2 aromatic carbocycles. The fourth-order valence-corrected chi connectivity index (χ4v) is 5.11. The Hall–Kier alpha value is -2.59. The van der Waals surface area contributed by atoms with E-state index in [0.717, 1.165) is 48.8 Å². The molecule has 1 saturated carbocycles. The lowest BCUT2D eigenvalue weighted by Gasteiger charge is -2.31. The van der Waals surface area contributed by atoms with Crippen LogP contribution in [0.25, 0.3) is 10.8 Å². The lowest BCUT2D eigenvalue weighted by molar-refractivity contribution is -0.185. The van der Waals surface area contributed by atoms with Crippen LogP contribution in [0.15, 0.2) is 30.3 Å². The molecular formula is C26H29F3N2O2. The highest BCUT2D eigenvalue weighted by atomic mass is 19.4. The summed E-state index contributed by atoms with van der Waals surface area (Å²) < 4.78 is 44.8. The molecule has 0 atom stereocenters. The zero-order valence-electron chi connectivity index (χ0n) is 18.8. The molecule has 0 radical (unpaired) electrons. The molecule has 33 heavy (non-hydrogen) atoms. The maximum absolute atomic E-state index is 12.9.